The minimum atomic E-state index is -0.222. The molecular formula is C17H20N6O2. The van der Waals surface area contributed by atoms with Crippen molar-refractivity contribution in [1.82, 2.24) is 24.8 Å². The standard InChI is InChI=1S/C17H20N6O2/c1-10-12(15(24)18-6-11-7-23(3)9-21-11)13-14(22-17(2)4-5-17)19-8-20-16(13)25-10/h7-9H,4-6H2,1-3H3,(H,18,24)(H,19,20,22). The predicted octanol–water partition coefficient (Wildman–Crippen LogP) is 2.16. The zero-order valence-corrected chi connectivity index (χ0v) is 14.5. The van der Waals surface area contributed by atoms with Gasteiger partial charge in [0.1, 0.15) is 17.9 Å². The van der Waals surface area contributed by atoms with E-state index in [9.17, 15) is 4.79 Å². The normalized spacial score (nSPS) is 15.3. The minimum absolute atomic E-state index is 0.0359. The first kappa shape index (κ1) is 15.6. The van der Waals surface area contributed by atoms with E-state index in [-0.39, 0.29) is 11.4 Å². The van der Waals surface area contributed by atoms with Crippen molar-refractivity contribution in [3.8, 4) is 0 Å². The van der Waals surface area contributed by atoms with Crippen LogP contribution in [0.15, 0.2) is 23.3 Å². The van der Waals surface area contributed by atoms with Crippen molar-refractivity contribution < 1.29 is 9.21 Å². The zero-order chi connectivity index (χ0) is 17.6. The van der Waals surface area contributed by atoms with E-state index in [2.05, 4.69) is 32.5 Å². The summed E-state index contributed by atoms with van der Waals surface area (Å²) in [5.41, 5.74) is 1.72. The van der Waals surface area contributed by atoms with Crippen molar-refractivity contribution in [3.63, 3.8) is 0 Å². The Hall–Kier alpha value is -2.90. The summed E-state index contributed by atoms with van der Waals surface area (Å²) in [7, 11) is 1.89. The van der Waals surface area contributed by atoms with E-state index in [1.165, 1.54) is 6.33 Å². The summed E-state index contributed by atoms with van der Waals surface area (Å²) in [6.07, 6.45) is 7.18. The van der Waals surface area contributed by atoms with Crippen molar-refractivity contribution in [2.75, 3.05) is 5.32 Å². The lowest BCUT2D eigenvalue weighted by Crippen LogP contribution is -2.24. The molecule has 1 aliphatic carbocycles. The van der Waals surface area contributed by atoms with Gasteiger partial charge in [0, 0.05) is 18.8 Å². The van der Waals surface area contributed by atoms with Crippen molar-refractivity contribution in [2.24, 2.45) is 7.05 Å². The van der Waals surface area contributed by atoms with Crippen LogP contribution in [0.5, 0.6) is 0 Å². The Morgan fingerprint density at radius 1 is 1.36 bits per heavy atom. The number of nitrogens with one attached hydrogen (secondary N) is 2. The molecule has 4 rings (SSSR count). The van der Waals surface area contributed by atoms with E-state index >= 15 is 0 Å². The first-order valence-corrected chi connectivity index (χ1v) is 8.22. The van der Waals surface area contributed by atoms with Crippen molar-refractivity contribution in [2.45, 2.75) is 38.8 Å². The highest BCUT2D eigenvalue weighted by Gasteiger charge is 2.38. The summed E-state index contributed by atoms with van der Waals surface area (Å²) in [6, 6.07) is 0. The molecule has 0 unspecified atom stereocenters. The summed E-state index contributed by atoms with van der Waals surface area (Å²) in [4.78, 5) is 25.5. The molecule has 0 aromatic carbocycles. The molecule has 0 radical (unpaired) electrons. The van der Waals surface area contributed by atoms with E-state index in [1.54, 1.807) is 13.3 Å². The summed E-state index contributed by atoms with van der Waals surface area (Å²) in [6.45, 7) is 4.24. The van der Waals surface area contributed by atoms with Gasteiger partial charge in [-0.15, -0.1) is 0 Å². The fourth-order valence-corrected chi connectivity index (χ4v) is 2.83. The van der Waals surface area contributed by atoms with Gasteiger partial charge in [0.05, 0.1) is 29.5 Å². The van der Waals surface area contributed by atoms with Gasteiger partial charge in [-0.05, 0) is 26.7 Å². The lowest BCUT2D eigenvalue weighted by molar-refractivity contribution is 0.0950. The first-order chi connectivity index (χ1) is 12.0. The highest BCUT2D eigenvalue weighted by atomic mass is 16.3. The van der Waals surface area contributed by atoms with Crippen molar-refractivity contribution in [3.05, 3.63) is 35.9 Å². The number of carbonyl (C=O) groups excluding carboxylic acids is 1. The van der Waals surface area contributed by atoms with Crippen LogP contribution in [0, 0.1) is 6.92 Å². The second-order valence-electron chi connectivity index (χ2n) is 6.83. The van der Waals surface area contributed by atoms with Crippen LogP contribution in [-0.4, -0.2) is 31.0 Å². The maximum atomic E-state index is 12.8. The van der Waals surface area contributed by atoms with Gasteiger partial charge in [-0.2, -0.15) is 0 Å². The number of nitrogens with zero attached hydrogens (tertiary/aromatic N) is 4. The third kappa shape index (κ3) is 2.95. The molecule has 8 heteroatoms. The molecule has 0 atom stereocenters. The smallest absolute Gasteiger partial charge is 0.255 e. The second-order valence-corrected chi connectivity index (χ2v) is 6.83. The largest absolute Gasteiger partial charge is 0.442 e. The molecule has 25 heavy (non-hydrogen) atoms. The summed E-state index contributed by atoms with van der Waals surface area (Å²) in [5, 5.41) is 6.94. The van der Waals surface area contributed by atoms with Crippen LogP contribution in [0.25, 0.3) is 11.1 Å². The van der Waals surface area contributed by atoms with Gasteiger partial charge >= 0.3 is 0 Å². The number of amides is 1. The maximum Gasteiger partial charge on any atom is 0.255 e. The molecule has 3 aromatic heterocycles. The van der Waals surface area contributed by atoms with Gasteiger partial charge in [0.25, 0.3) is 5.91 Å². The Bertz CT molecular complexity index is 953. The molecule has 3 aromatic rings. The van der Waals surface area contributed by atoms with E-state index in [4.69, 9.17) is 4.42 Å². The van der Waals surface area contributed by atoms with Gasteiger partial charge in [-0.25, -0.2) is 15.0 Å². The number of hydrogen-bond donors (Lipinski definition) is 2. The van der Waals surface area contributed by atoms with Crippen molar-refractivity contribution >= 4 is 22.8 Å². The van der Waals surface area contributed by atoms with E-state index in [0.29, 0.717) is 34.8 Å². The monoisotopic (exact) mass is 340 g/mol. The highest BCUT2D eigenvalue weighted by Crippen LogP contribution is 2.40. The SMILES string of the molecule is Cc1oc2ncnc(NC3(C)CC3)c2c1C(=O)NCc1cn(C)cn1. The van der Waals surface area contributed by atoms with Crippen LogP contribution < -0.4 is 10.6 Å². The number of aromatic nitrogens is 4. The van der Waals surface area contributed by atoms with Gasteiger partial charge in [0.15, 0.2) is 0 Å². The third-order valence-electron chi connectivity index (χ3n) is 4.50. The average Bonchev–Trinajstić information content (AvgIpc) is 2.99. The number of aryl methyl sites for hydroxylation is 2. The highest BCUT2D eigenvalue weighted by molar-refractivity contribution is 6.10. The topological polar surface area (TPSA) is 97.9 Å². The Labute approximate surface area is 144 Å². The van der Waals surface area contributed by atoms with Crippen LogP contribution in [-0.2, 0) is 13.6 Å². The van der Waals surface area contributed by atoms with Gasteiger partial charge in [-0.3, -0.25) is 4.79 Å². The second kappa shape index (κ2) is 5.58. The molecule has 1 aliphatic rings. The lowest BCUT2D eigenvalue weighted by Gasteiger charge is -2.13. The van der Waals surface area contributed by atoms with Gasteiger partial charge in [-0.1, -0.05) is 0 Å². The predicted molar refractivity (Wildman–Crippen MR) is 92.2 cm³/mol. The zero-order valence-electron chi connectivity index (χ0n) is 14.5. The number of fused-ring (bicyclic) bond motifs is 1. The summed E-state index contributed by atoms with van der Waals surface area (Å²) < 4.78 is 7.52. The quantitative estimate of drug-likeness (QED) is 0.738. The molecular weight excluding hydrogens is 320 g/mol. The van der Waals surface area contributed by atoms with Crippen LogP contribution in [0.3, 0.4) is 0 Å². The molecule has 1 fully saturated rings. The number of rotatable bonds is 5. The molecule has 8 nitrogen and oxygen atoms in total. The summed E-state index contributed by atoms with van der Waals surface area (Å²) in [5.74, 6) is 0.948. The van der Waals surface area contributed by atoms with Crippen LogP contribution in [0.2, 0.25) is 0 Å². The molecule has 0 aliphatic heterocycles. The lowest BCUT2D eigenvalue weighted by atomic mass is 10.1. The average molecular weight is 340 g/mol. The van der Waals surface area contributed by atoms with E-state index in [1.807, 2.05) is 17.8 Å². The number of carbonyl (C=O) groups is 1. The van der Waals surface area contributed by atoms with Crippen molar-refractivity contribution in [1.29, 1.82) is 0 Å². The van der Waals surface area contributed by atoms with Crippen LogP contribution in [0.4, 0.5) is 5.82 Å². The van der Waals surface area contributed by atoms with Crippen LogP contribution >= 0.6 is 0 Å². The molecule has 1 saturated carbocycles. The molecule has 1 amide bonds. The van der Waals surface area contributed by atoms with E-state index in [0.717, 1.165) is 18.5 Å². The number of imidazole rings is 1. The number of hydrogen-bond acceptors (Lipinski definition) is 6. The van der Waals surface area contributed by atoms with E-state index < -0.39 is 0 Å². The van der Waals surface area contributed by atoms with Crippen LogP contribution in [0.1, 0.15) is 41.6 Å². The Kier molecular flexibility index (Phi) is 3.48. The molecule has 0 bridgehead atoms. The molecule has 3 heterocycles. The van der Waals surface area contributed by atoms with Gasteiger partial charge in [0.2, 0.25) is 5.71 Å². The van der Waals surface area contributed by atoms with Gasteiger partial charge < -0.3 is 19.6 Å². The fraction of sp³-hybridized carbons (Fsp3) is 0.412. The molecule has 0 spiro atoms. The first-order valence-electron chi connectivity index (χ1n) is 8.22. The number of furan rings is 1. The summed E-state index contributed by atoms with van der Waals surface area (Å²) >= 11 is 0. The number of anilines is 1. The fourth-order valence-electron chi connectivity index (χ4n) is 2.83. The molecule has 2 N–H and O–H groups in total. The maximum absolute atomic E-state index is 12.8. The minimum Gasteiger partial charge on any atom is -0.442 e. The Balaban J connectivity index is 1.65. The molecule has 0 saturated heterocycles. The third-order valence-corrected chi connectivity index (χ3v) is 4.50. The molecule has 130 valence electrons. The Morgan fingerprint density at radius 2 is 2.16 bits per heavy atom. The Morgan fingerprint density at radius 3 is 2.84 bits per heavy atom.